The number of rotatable bonds is 10. The van der Waals surface area contributed by atoms with Gasteiger partial charge in [-0.1, -0.05) is 12.1 Å². The van der Waals surface area contributed by atoms with Gasteiger partial charge >= 0.3 is 0 Å². The summed E-state index contributed by atoms with van der Waals surface area (Å²) in [4.78, 5) is 9.24. The minimum absolute atomic E-state index is 0.236. The highest BCUT2D eigenvalue weighted by atomic mass is 32.2. The second-order valence-electron chi connectivity index (χ2n) is 9.30. The highest BCUT2D eigenvalue weighted by Gasteiger charge is 2.27. The molecule has 0 spiro atoms. The average molecular weight is 516 g/mol. The number of hydrogen-bond acceptors (Lipinski definition) is 7. The van der Waals surface area contributed by atoms with Crippen LogP contribution in [-0.4, -0.2) is 41.4 Å². The van der Waals surface area contributed by atoms with Crippen LogP contribution < -0.4 is 15.2 Å². The molecule has 9 nitrogen and oxygen atoms in total. The quantitative estimate of drug-likeness (QED) is 0.330. The fourth-order valence-corrected chi connectivity index (χ4v) is 5.25. The number of imidazole rings is 1. The predicted molar refractivity (Wildman–Crippen MR) is 138 cm³/mol. The number of hydrogen-bond donors (Lipinski definition) is 2. The van der Waals surface area contributed by atoms with Crippen molar-refractivity contribution in [3.63, 3.8) is 0 Å². The molecule has 0 amide bonds. The van der Waals surface area contributed by atoms with Crippen LogP contribution in [0.4, 0.5) is 10.2 Å². The number of aromatic nitrogens is 3. The standard InChI is InChI=1S/C25H30FN5O4S/c1-5-34-14-21-29-22-23(31(21)15-25(2,3)30-36(4,32)33)19-11-10-18(12-20(19)28-24(22)27)35-13-16-6-8-17(26)9-7-16/h6-12,30H,5,13-15H2,1-4H3,(H2,27,28). The maximum absolute atomic E-state index is 13.2. The van der Waals surface area contributed by atoms with Crippen molar-refractivity contribution in [3.8, 4) is 5.75 Å². The first-order valence-electron chi connectivity index (χ1n) is 11.5. The monoisotopic (exact) mass is 515 g/mol. The molecule has 0 aliphatic rings. The van der Waals surface area contributed by atoms with Crippen molar-refractivity contribution in [2.24, 2.45) is 0 Å². The first-order valence-corrected chi connectivity index (χ1v) is 13.4. The van der Waals surface area contributed by atoms with Crippen LogP contribution in [0.25, 0.3) is 21.9 Å². The number of sulfonamides is 1. The fraction of sp³-hybridized carbons (Fsp3) is 0.360. The van der Waals surface area contributed by atoms with E-state index in [1.165, 1.54) is 12.1 Å². The van der Waals surface area contributed by atoms with Crippen molar-refractivity contribution in [1.82, 2.24) is 19.3 Å². The molecule has 2 heterocycles. The number of nitrogens with zero attached hydrogens (tertiary/aromatic N) is 3. The van der Waals surface area contributed by atoms with E-state index >= 15 is 0 Å². The SMILES string of the molecule is CCOCc1nc2c(N)nc3cc(OCc4ccc(F)cc4)ccc3c2n1CC(C)(C)NS(C)(=O)=O. The third-order valence-corrected chi connectivity index (χ3v) is 6.45. The van der Waals surface area contributed by atoms with Gasteiger partial charge in [-0.2, -0.15) is 0 Å². The molecule has 2 aromatic carbocycles. The maximum atomic E-state index is 13.2. The molecule has 4 aromatic rings. The summed E-state index contributed by atoms with van der Waals surface area (Å²) < 4.78 is 53.2. The summed E-state index contributed by atoms with van der Waals surface area (Å²) in [6, 6.07) is 11.6. The van der Waals surface area contributed by atoms with Crippen molar-refractivity contribution in [3.05, 3.63) is 59.7 Å². The van der Waals surface area contributed by atoms with Gasteiger partial charge in [0.25, 0.3) is 0 Å². The molecule has 0 fully saturated rings. The van der Waals surface area contributed by atoms with Gasteiger partial charge in [-0.05, 0) is 50.6 Å². The first kappa shape index (κ1) is 25.8. The number of nitrogens with two attached hydrogens (primary N) is 1. The van der Waals surface area contributed by atoms with Crippen molar-refractivity contribution < 1.29 is 22.3 Å². The largest absolute Gasteiger partial charge is 0.489 e. The number of pyridine rings is 1. The van der Waals surface area contributed by atoms with E-state index in [4.69, 9.17) is 20.2 Å². The Bertz CT molecular complexity index is 1500. The van der Waals surface area contributed by atoms with Gasteiger partial charge in [-0.3, -0.25) is 0 Å². The fourth-order valence-electron chi connectivity index (χ4n) is 4.18. The highest BCUT2D eigenvalue weighted by Crippen LogP contribution is 2.32. The normalized spacial score (nSPS) is 12.5. The lowest BCUT2D eigenvalue weighted by Gasteiger charge is -2.27. The molecule has 0 aliphatic carbocycles. The maximum Gasteiger partial charge on any atom is 0.209 e. The molecule has 0 atom stereocenters. The third-order valence-electron chi connectivity index (χ3n) is 5.52. The van der Waals surface area contributed by atoms with Crippen LogP contribution in [0.1, 0.15) is 32.2 Å². The Hall–Kier alpha value is -3.28. The van der Waals surface area contributed by atoms with Crippen molar-refractivity contribution in [2.45, 2.75) is 46.1 Å². The molecule has 0 saturated carbocycles. The van der Waals surface area contributed by atoms with Crippen LogP contribution >= 0.6 is 0 Å². The summed E-state index contributed by atoms with van der Waals surface area (Å²) in [5, 5.41) is 0.790. The van der Waals surface area contributed by atoms with E-state index in [9.17, 15) is 12.8 Å². The van der Waals surface area contributed by atoms with Gasteiger partial charge in [0.05, 0.1) is 17.3 Å². The molecule has 192 valence electrons. The van der Waals surface area contributed by atoms with Gasteiger partial charge in [0, 0.05) is 30.1 Å². The van der Waals surface area contributed by atoms with E-state index in [2.05, 4.69) is 9.71 Å². The van der Waals surface area contributed by atoms with E-state index in [0.717, 1.165) is 22.7 Å². The Kier molecular flexibility index (Phi) is 7.17. The molecule has 0 saturated heterocycles. The van der Waals surface area contributed by atoms with Crippen LogP contribution in [0.3, 0.4) is 0 Å². The summed E-state index contributed by atoms with van der Waals surface area (Å²) in [5.74, 6) is 1.15. The molecule has 36 heavy (non-hydrogen) atoms. The third kappa shape index (κ3) is 5.92. The van der Waals surface area contributed by atoms with E-state index < -0.39 is 15.6 Å². The number of anilines is 1. The van der Waals surface area contributed by atoms with Crippen LogP contribution in [0.5, 0.6) is 5.75 Å². The Morgan fingerprint density at radius 1 is 1.11 bits per heavy atom. The number of nitrogens with one attached hydrogen (secondary N) is 1. The lowest BCUT2D eigenvalue weighted by atomic mass is 10.1. The van der Waals surface area contributed by atoms with Gasteiger partial charge in [-0.25, -0.2) is 27.5 Å². The number of halogens is 1. The lowest BCUT2D eigenvalue weighted by Crippen LogP contribution is -2.46. The van der Waals surface area contributed by atoms with Gasteiger partial charge in [-0.15, -0.1) is 0 Å². The van der Waals surface area contributed by atoms with Gasteiger partial charge in [0.2, 0.25) is 10.0 Å². The molecular formula is C25H30FN5O4S. The summed E-state index contributed by atoms with van der Waals surface area (Å²) in [6.07, 6.45) is 1.13. The van der Waals surface area contributed by atoms with Crippen molar-refractivity contribution in [1.29, 1.82) is 0 Å². The molecular weight excluding hydrogens is 485 g/mol. The van der Waals surface area contributed by atoms with E-state index in [1.54, 1.807) is 32.0 Å². The van der Waals surface area contributed by atoms with Crippen LogP contribution in [0.2, 0.25) is 0 Å². The zero-order valence-corrected chi connectivity index (χ0v) is 21.5. The molecule has 0 unspecified atom stereocenters. The Morgan fingerprint density at radius 2 is 1.83 bits per heavy atom. The van der Waals surface area contributed by atoms with E-state index in [0.29, 0.717) is 35.8 Å². The highest BCUT2D eigenvalue weighted by molar-refractivity contribution is 7.88. The number of benzene rings is 2. The summed E-state index contributed by atoms with van der Waals surface area (Å²) in [5.41, 5.74) is 8.19. The second-order valence-corrected chi connectivity index (χ2v) is 11.0. The van der Waals surface area contributed by atoms with Crippen LogP contribution in [-0.2, 0) is 34.5 Å². The minimum atomic E-state index is -3.45. The molecule has 11 heteroatoms. The Morgan fingerprint density at radius 3 is 2.50 bits per heavy atom. The smallest absolute Gasteiger partial charge is 0.209 e. The van der Waals surface area contributed by atoms with E-state index in [1.807, 2.05) is 23.6 Å². The Balaban J connectivity index is 1.77. The topological polar surface area (TPSA) is 121 Å². The summed E-state index contributed by atoms with van der Waals surface area (Å²) >= 11 is 0. The predicted octanol–water partition coefficient (Wildman–Crippen LogP) is 3.75. The molecule has 0 aliphatic heterocycles. The Labute approximate surface area is 209 Å². The molecule has 4 rings (SSSR count). The second kappa shape index (κ2) is 10.00. The van der Waals surface area contributed by atoms with Gasteiger partial charge in [0.1, 0.15) is 36.1 Å². The summed E-state index contributed by atoms with van der Waals surface area (Å²) in [6.45, 7) is 6.79. The van der Waals surface area contributed by atoms with E-state index in [-0.39, 0.29) is 24.8 Å². The average Bonchev–Trinajstić information content (AvgIpc) is 3.13. The lowest BCUT2D eigenvalue weighted by molar-refractivity contribution is 0.125. The van der Waals surface area contributed by atoms with Crippen LogP contribution in [0.15, 0.2) is 42.5 Å². The van der Waals surface area contributed by atoms with Crippen LogP contribution in [0, 0.1) is 5.82 Å². The molecule has 2 aromatic heterocycles. The van der Waals surface area contributed by atoms with Crippen molar-refractivity contribution >= 4 is 37.8 Å². The number of nitrogen functional groups attached to an aromatic ring is 1. The van der Waals surface area contributed by atoms with Crippen molar-refractivity contribution in [2.75, 3.05) is 18.6 Å². The zero-order chi connectivity index (χ0) is 26.1. The minimum Gasteiger partial charge on any atom is -0.489 e. The first-order chi connectivity index (χ1) is 17.0. The molecule has 3 N–H and O–H groups in total. The number of ether oxygens (including phenoxy) is 2. The summed E-state index contributed by atoms with van der Waals surface area (Å²) in [7, 11) is -3.45. The van der Waals surface area contributed by atoms with Gasteiger partial charge in [0.15, 0.2) is 5.82 Å². The number of fused-ring (bicyclic) bond motifs is 3. The molecule has 0 bridgehead atoms. The van der Waals surface area contributed by atoms with Gasteiger partial charge < -0.3 is 19.8 Å². The molecule has 0 radical (unpaired) electrons. The zero-order valence-electron chi connectivity index (χ0n) is 20.7.